The van der Waals surface area contributed by atoms with Crippen molar-refractivity contribution in [2.75, 3.05) is 98.9 Å². The molecule has 5 heterocycles. The van der Waals surface area contributed by atoms with Crippen LogP contribution in [-0.2, 0) is 73.5 Å². The Labute approximate surface area is 562 Å². The molecule has 2 atom stereocenters. The van der Waals surface area contributed by atoms with E-state index in [4.69, 9.17) is 22.3 Å². The Morgan fingerprint density at radius 3 is 1.94 bits per heavy atom. The molecule has 0 spiro atoms. The van der Waals surface area contributed by atoms with Crippen LogP contribution in [0.5, 0.6) is 0 Å². The molecule has 5 rings (SSSR count). The molecule has 2 aromatic rings. The minimum Gasteiger partial charge on any atom is -0.677 e. The van der Waals surface area contributed by atoms with Crippen molar-refractivity contribution in [3.8, 4) is 0 Å². The molecule has 0 bridgehead atoms. The van der Waals surface area contributed by atoms with Crippen molar-refractivity contribution in [3.63, 3.8) is 0 Å². The number of nitrogens with one attached hydrogen (secondary N) is 11. The summed E-state index contributed by atoms with van der Waals surface area (Å²) in [4.78, 5) is 119. The van der Waals surface area contributed by atoms with E-state index in [-0.39, 0.29) is 88.9 Å². The predicted molar refractivity (Wildman–Crippen MR) is 354 cm³/mol. The molecule has 0 saturated heterocycles. The molecular weight excluding hydrogens is 1370 g/mol. The van der Waals surface area contributed by atoms with Crippen molar-refractivity contribution in [2.45, 2.75) is 104 Å². The summed E-state index contributed by atoms with van der Waals surface area (Å²) in [5, 5.41) is 36.2. The Kier molecular flexibility index (Phi) is 42.4. The van der Waals surface area contributed by atoms with Gasteiger partial charge in [0.05, 0.1) is 17.5 Å². The Hall–Kier alpha value is -9.00. The van der Waals surface area contributed by atoms with Gasteiger partial charge in [-0.2, -0.15) is 6.54 Å². The number of aliphatic hydroxyl groups is 1. The van der Waals surface area contributed by atoms with Crippen molar-refractivity contribution in [1.82, 2.24) is 86.0 Å². The first-order chi connectivity index (χ1) is 43.8. The monoisotopic (exact) mass is 1480 g/mol. The number of aliphatic hydroxyl groups excluding tert-OH is 1. The average Bonchev–Trinajstić information content (AvgIpc) is 1.71. The summed E-state index contributed by atoms with van der Waals surface area (Å²) >= 11 is 0. The van der Waals surface area contributed by atoms with Crippen molar-refractivity contribution in [1.29, 1.82) is 0 Å². The van der Waals surface area contributed by atoms with Crippen LogP contribution in [0, 0.1) is 6.92 Å². The SMILES string of the molecule is C=CN(CCCCCCN)/C(=C\NC(=O)C1N(C)C=C(NC(=O)CCNC(=O)c2cc(NC(=O)C3N(C)C=CN3C)cn2C)N1C)C(=O)NCCCC(=O)N/C(N)=C/N(C)CO.CC1NC(NC=O)=CN1C.CCCNC=O.CCC[NH-].Cc1cc(NC=O)cn1C.[W]. The van der Waals surface area contributed by atoms with Crippen molar-refractivity contribution in [2.24, 2.45) is 25.6 Å². The summed E-state index contributed by atoms with van der Waals surface area (Å²) in [6.45, 7) is 14.1. The van der Waals surface area contributed by atoms with Crippen molar-refractivity contribution < 1.29 is 69.3 Å². The van der Waals surface area contributed by atoms with Crippen LogP contribution in [0.4, 0.5) is 11.4 Å². The Balaban J connectivity index is 0.00000220. The molecule has 3 aliphatic heterocycles. The van der Waals surface area contributed by atoms with Crippen LogP contribution >= 0.6 is 0 Å². The number of anilines is 2. The smallest absolute Gasteiger partial charge is 0.269 e. The fourth-order valence-electron chi connectivity index (χ4n) is 8.43. The molecule has 16 N–H and O–H groups in total. The van der Waals surface area contributed by atoms with Crippen molar-refractivity contribution in [3.05, 3.63) is 115 Å². The quantitative estimate of drug-likeness (QED) is 0.0198. The number of nitrogens with zero attached hydrogens (tertiary/aromatic N) is 9. The zero-order chi connectivity index (χ0) is 69.3. The second-order valence-corrected chi connectivity index (χ2v) is 21.3. The molecule has 3 aliphatic rings. The average molecular weight is 1480 g/mol. The van der Waals surface area contributed by atoms with E-state index in [0.717, 1.165) is 62.3 Å². The van der Waals surface area contributed by atoms with Crippen LogP contribution in [0.15, 0.2) is 97.7 Å². The summed E-state index contributed by atoms with van der Waals surface area (Å²) < 4.78 is 3.53. The molecule has 0 aromatic carbocycles. The number of aryl methyl sites for hydroxylation is 3. The maximum atomic E-state index is 13.6. The zero-order valence-electron chi connectivity index (χ0n) is 56.0. The molecule has 93 heavy (non-hydrogen) atoms. The van der Waals surface area contributed by atoms with Gasteiger partial charge in [0.15, 0.2) is 12.3 Å². The number of carbonyl (C=O) groups is 9. The minimum atomic E-state index is -0.895. The van der Waals surface area contributed by atoms with Gasteiger partial charge < -0.3 is 119 Å². The van der Waals surface area contributed by atoms with E-state index in [1.54, 1.807) is 102 Å². The molecule has 0 saturated carbocycles. The van der Waals surface area contributed by atoms with E-state index in [0.29, 0.717) is 56.8 Å². The molecule has 520 valence electrons. The van der Waals surface area contributed by atoms with Gasteiger partial charge in [-0.05, 0) is 64.4 Å². The van der Waals surface area contributed by atoms with Gasteiger partial charge in [0.25, 0.3) is 23.6 Å². The third-order valence-corrected chi connectivity index (χ3v) is 13.6. The number of likely N-dealkylation sites (N-methyl/N-ethyl adjacent to an activating group) is 4. The van der Waals surface area contributed by atoms with Gasteiger partial charge >= 0.3 is 0 Å². The number of rotatable bonds is 33. The molecule has 2 unspecified atom stereocenters. The fraction of sp³-hybridized carbons (Fsp3) is 0.517. The van der Waals surface area contributed by atoms with Crippen molar-refractivity contribution >= 4 is 66.0 Å². The summed E-state index contributed by atoms with van der Waals surface area (Å²) in [7, 11) is 14.0. The topological polar surface area (TPSA) is 403 Å². The first kappa shape index (κ1) is 84.0. The van der Waals surface area contributed by atoms with Crippen LogP contribution in [-0.4, -0.2) is 210 Å². The van der Waals surface area contributed by atoms with E-state index in [1.807, 2.05) is 69.7 Å². The minimum absolute atomic E-state index is 0. The van der Waals surface area contributed by atoms with E-state index < -0.39 is 36.0 Å². The number of hydrogen-bond donors (Lipinski definition) is 13. The second-order valence-electron chi connectivity index (χ2n) is 21.3. The van der Waals surface area contributed by atoms with Crippen LogP contribution in [0.3, 0.4) is 0 Å². The Morgan fingerprint density at radius 1 is 0.753 bits per heavy atom. The number of amides is 9. The van der Waals surface area contributed by atoms with E-state index in [2.05, 4.69) is 59.7 Å². The normalized spacial score (nSPS) is 14.5. The van der Waals surface area contributed by atoms with Gasteiger partial charge in [-0.3, -0.25) is 43.2 Å². The van der Waals surface area contributed by atoms with Crippen LogP contribution in [0.25, 0.3) is 5.73 Å². The van der Waals surface area contributed by atoms with E-state index >= 15 is 0 Å². The molecule has 33 heteroatoms. The van der Waals surface area contributed by atoms with Gasteiger partial charge in [-0.1, -0.05) is 39.7 Å². The molecule has 0 radical (unpaired) electrons. The molecule has 0 aliphatic carbocycles. The molecule has 32 nitrogen and oxygen atoms in total. The van der Waals surface area contributed by atoms with E-state index in [1.165, 1.54) is 23.5 Å². The van der Waals surface area contributed by atoms with Gasteiger partial charge in [0.2, 0.25) is 31.0 Å². The first-order valence-electron chi connectivity index (χ1n) is 30.2. The number of nitrogens with two attached hydrogens (primary N) is 2. The third kappa shape index (κ3) is 31.7. The summed E-state index contributed by atoms with van der Waals surface area (Å²) in [5.41, 5.74) is 20.7. The van der Waals surface area contributed by atoms with Gasteiger partial charge in [-0.25, -0.2) is 0 Å². The molecule has 9 amide bonds. The molecule has 0 fully saturated rings. The largest absolute Gasteiger partial charge is 0.677 e. The van der Waals surface area contributed by atoms with Gasteiger partial charge in [0.1, 0.15) is 35.6 Å². The van der Waals surface area contributed by atoms with Crippen LogP contribution in [0.1, 0.15) is 94.7 Å². The second kappa shape index (κ2) is 47.0. The number of carbonyl (C=O) groups excluding carboxylic acids is 9. The number of aromatic nitrogens is 2. The van der Waals surface area contributed by atoms with Gasteiger partial charge in [-0.15, -0.1) is 0 Å². The Morgan fingerprint density at radius 2 is 1.40 bits per heavy atom. The maximum absolute atomic E-state index is 13.6. The van der Waals surface area contributed by atoms with E-state index in [9.17, 15) is 43.2 Å². The first-order valence-corrected chi connectivity index (χ1v) is 30.2. The third-order valence-electron chi connectivity index (χ3n) is 13.6. The fourth-order valence-corrected chi connectivity index (χ4v) is 8.43. The predicted octanol–water partition coefficient (Wildman–Crippen LogP) is 0.353. The Bertz CT molecular complexity index is 2790. The zero-order valence-corrected chi connectivity index (χ0v) is 59.0. The summed E-state index contributed by atoms with van der Waals surface area (Å²) in [6, 6.07) is 3.47. The van der Waals surface area contributed by atoms with Crippen LogP contribution < -0.4 is 64.6 Å². The molecule has 2 aromatic heterocycles. The summed E-state index contributed by atoms with van der Waals surface area (Å²) in [6.07, 6.45) is 21.3. The standard InChI is InChI=1S/C40H65N15O7.C7H10N2O.C6H11N3O.C4H9NO.C3H8N.W/c1-8-55(19-12-10-9-11-16-41)30(36(60)43-17-13-14-33(57)47-31(42)25-49(2)27-56)23-45-37(61)40-53(6)26-32(54(40)7)48-34(58)15-18-44-35(59)29-22-28(24-52(29)5)46-38(62)39-50(3)20-21-51(39)4;1-6-3-7(8-5-10)4-9(6)2;1-5-8-6(7-4-10)3-9(5)2;1-2-3-5-4-6;1-2-3-4;/h8,20-26,39-40,56H,1,9-19,27,41-42H2,2-7H3,(H,43,60)(H,44,59)(H,45,61)(H,46,62)(H,47,57)(H,48,58);3-5H,1-2H3,(H,8,10);3-5,8H,1-2H3,(H,7,10);4H,2-3H2,1H3,(H,5,6);4H,2-3H2,1H3;/q;;;;-1;/b30-23-,31-25+;;;;;. The summed E-state index contributed by atoms with van der Waals surface area (Å²) in [5.74, 6) is -1.29. The number of unbranched alkanes of at least 4 members (excludes halogenated alkanes) is 3. The molecular formula is C60H103N22O10W-. The maximum Gasteiger partial charge on any atom is 0.269 e. The van der Waals surface area contributed by atoms with Gasteiger partial charge in [0, 0.05) is 172 Å². The van der Waals surface area contributed by atoms with Crippen LogP contribution in [0.2, 0.25) is 0 Å². The number of hydrogen-bond acceptors (Lipinski definition) is 20.